The van der Waals surface area contributed by atoms with E-state index in [1.54, 1.807) is 6.92 Å². The van der Waals surface area contributed by atoms with Crippen LogP contribution in [0.3, 0.4) is 0 Å². The number of carboxylic acids is 1. The van der Waals surface area contributed by atoms with Crippen LogP contribution in [0, 0.1) is 0 Å². The molecule has 0 amide bonds. The van der Waals surface area contributed by atoms with Crippen LogP contribution in [-0.4, -0.2) is 17.2 Å². The largest absolute Gasteiger partial charge is 0.479 e. The molecule has 19 heavy (non-hydrogen) atoms. The van der Waals surface area contributed by atoms with Gasteiger partial charge >= 0.3 is 5.97 Å². The van der Waals surface area contributed by atoms with Crippen molar-refractivity contribution in [2.75, 3.05) is 0 Å². The van der Waals surface area contributed by atoms with Gasteiger partial charge in [-0.15, -0.1) is 0 Å². The van der Waals surface area contributed by atoms with E-state index in [9.17, 15) is 4.79 Å². The topological polar surface area (TPSA) is 46.5 Å². The standard InChI is InChI=1S/C16H16O3/c1-12(16(17)18)19-15(13-8-4-2-5-9-13)14-10-6-3-7-11-14/h2-12,15H,1H3,(H,17,18). The van der Waals surface area contributed by atoms with Crippen molar-refractivity contribution in [3.63, 3.8) is 0 Å². The summed E-state index contributed by atoms with van der Waals surface area (Å²) >= 11 is 0. The summed E-state index contributed by atoms with van der Waals surface area (Å²) in [7, 11) is 0. The number of carboxylic acid groups (broad SMARTS) is 1. The number of ether oxygens (including phenoxy) is 1. The Bertz CT molecular complexity index is 483. The molecule has 1 N–H and O–H groups in total. The molecule has 0 saturated heterocycles. The average Bonchev–Trinajstić information content (AvgIpc) is 2.46. The Morgan fingerprint density at radius 3 is 1.74 bits per heavy atom. The van der Waals surface area contributed by atoms with Gasteiger partial charge in [0.2, 0.25) is 0 Å². The highest BCUT2D eigenvalue weighted by atomic mass is 16.5. The Hall–Kier alpha value is -2.13. The Morgan fingerprint density at radius 2 is 1.37 bits per heavy atom. The van der Waals surface area contributed by atoms with Gasteiger partial charge in [0.15, 0.2) is 6.10 Å². The van der Waals surface area contributed by atoms with E-state index < -0.39 is 12.1 Å². The summed E-state index contributed by atoms with van der Waals surface area (Å²) in [6.07, 6.45) is -1.22. The third kappa shape index (κ3) is 3.42. The van der Waals surface area contributed by atoms with Crippen LogP contribution < -0.4 is 0 Å². The number of carbonyl (C=O) groups is 1. The molecule has 0 radical (unpaired) electrons. The normalized spacial score (nSPS) is 12.3. The zero-order valence-electron chi connectivity index (χ0n) is 10.7. The van der Waals surface area contributed by atoms with E-state index in [4.69, 9.17) is 9.84 Å². The van der Waals surface area contributed by atoms with E-state index in [2.05, 4.69) is 0 Å². The van der Waals surface area contributed by atoms with Crippen LogP contribution in [0.25, 0.3) is 0 Å². The maximum absolute atomic E-state index is 11.0. The van der Waals surface area contributed by atoms with Crippen molar-refractivity contribution in [1.82, 2.24) is 0 Å². The first-order valence-corrected chi connectivity index (χ1v) is 6.16. The monoisotopic (exact) mass is 256 g/mol. The van der Waals surface area contributed by atoms with Gasteiger partial charge in [0.1, 0.15) is 6.10 Å². The van der Waals surface area contributed by atoms with Crippen LogP contribution >= 0.6 is 0 Å². The number of hydrogen-bond acceptors (Lipinski definition) is 2. The second-order valence-electron chi connectivity index (χ2n) is 4.32. The van der Waals surface area contributed by atoms with Crippen molar-refractivity contribution in [1.29, 1.82) is 0 Å². The average molecular weight is 256 g/mol. The maximum Gasteiger partial charge on any atom is 0.332 e. The van der Waals surface area contributed by atoms with Crippen LogP contribution in [0.1, 0.15) is 24.2 Å². The van der Waals surface area contributed by atoms with Crippen molar-refractivity contribution < 1.29 is 14.6 Å². The molecule has 1 atom stereocenters. The SMILES string of the molecule is CC(OC(c1ccccc1)c1ccccc1)C(=O)O. The first kappa shape index (κ1) is 13.3. The quantitative estimate of drug-likeness (QED) is 0.893. The zero-order valence-corrected chi connectivity index (χ0v) is 10.7. The molecule has 0 saturated carbocycles. The fraction of sp³-hybridized carbons (Fsp3) is 0.188. The van der Waals surface area contributed by atoms with E-state index >= 15 is 0 Å². The van der Waals surface area contributed by atoms with Gasteiger partial charge in [-0.3, -0.25) is 0 Å². The second-order valence-corrected chi connectivity index (χ2v) is 4.32. The fourth-order valence-corrected chi connectivity index (χ4v) is 1.87. The van der Waals surface area contributed by atoms with E-state index in [0.717, 1.165) is 11.1 Å². The van der Waals surface area contributed by atoms with Crippen molar-refractivity contribution in [2.24, 2.45) is 0 Å². The molecule has 3 nitrogen and oxygen atoms in total. The third-order valence-electron chi connectivity index (χ3n) is 2.89. The van der Waals surface area contributed by atoms with Crippen LogP contribution in [0.5, 0.6) is 0 Å². The molecule has 0 spiro atoms. The molecule has 0 aliphatic carbocycles. The van der Waals surface area contributed by atoms with Gasteiger partial charge in [-0.1, -0.05) is 60.7 Å². The van der Waals surface area contributed by atoms with Gasteiger partial charge in [0.05, 0.1) is 0 Å². The van der Waals surface area contributed by atoms with E-state index in [0.29, 0.717) is 0 Å². The number of aliphatic carboxylic acids is 1. The molecule has 0 heterocycles. The van der Waals surface area contributed by atoms with E-state index in [1.807, 2.05) is 60.7 Å². The molecule has 98 valence electrons. The fourth-order valence-electron chi connectivity index (χ4n) is 1.87. The Labute approximate surface area is 112 Å². The minimum Gasteiger partial charge on any atom is -0.479 e. The van der Waals surface area contributed by atoms with Crippen molar-refractivity contribution in [3.05, 3.63) is 71.8 Å². The molecule has 0 aromatic heterocycles. The molecule has 0 aliphatic rings. The zero-order chi connectivity index (χ0) is 13.7. The second kappa shape index (κ2) is 6.16. The maximum atomic E-state index is 11.0. The van der Waals surface area contributed by atoms with Crippen LogP contribution in [0.2, 0.25) is 0 Å². The highest BCUT2D eigenvalue weighted by molar-refractivity contribution is 5.71. The molecule has 3 heteroatoms. The van der Waals surface area contributed by atoms with Gasteiger partial charge in [0.25, 0.3) is 0 Å². The third-order valence-corrected chi connectivity index (χ3v) is 2.89. The molecular weight excluding hydrogens is 240 g/mol. The Kier molecular flexibility index (Phi) is 4.31. The van der Waals surface area contributed by atoms with Crippen molar-refractivity contribution in [2.45, 2.75) is 19.1 Å². The summed E-state index contributed by atoms with van der Waals surface area (Å²) in [4.78, 5) is 11.0. The van der Waals surface area contributed by atoms with E-state index in [1.165, 1.54) is 0 Å². The summed E-state index contributed by atoms with van der Waals surface area (Å²) in [5, 5.41) is 9.00. The van der Waals surface area contributed by atoms with Crippen molar-refractivity contribution in [3.8, 4) is 0 Å². The smallest absolute Gasteiger partial charge is 0.332 e. The summed E-state index contributed by atoms with van der Waals surface area (Å²) < 4.78 is 5.68. The molecule has 0 bridgehead atoms. The van der Waals surface area contributed by atoms with Gasteiger partial charge in [-0.2, -0.15) is 0 Å². The molecule has 0 aliphatic heterocycles. The highest BCUT2D eigenvalue weighted by Gasteiger charge is 2.21. The Balaban J connectivity index is 2.32. The predicted molar refractivity (Wildman–Crippen MR) is 72.9 cm³/mol. The molecule has 2 aromatic rings. The lowest BCUT2D eigenvalue weighted by molar-refractivity contribution is -0.151. The Morgan fingerprint density at radius 1 is 0.947 bits per heavy atom. The van der Waals surface area contributed by atoms with Crippen LogP contribution in [0.15, 0.2) is 60.7 Å². The molecule has 1 unspecified atom stereocenters. The van der Waals surface area contributed by atoms with Crippen molar-refractivity contribution >= 4 is 5.97 Å². The lowest BCUT2D eigenvalue weighted by Gasteiger charge is -2.21. The number of benzene rings is 2. The lowest BCUT2D eigenvalue weighted by atomic mass is 10.0. The summed E-state index contributed by atoms with van der Waals surface area (Å²) in [6.45, 7) is 1.54. The van der Waals surface area contributed by atoms with Gasteiger partial charge in [-0.25, -0.2) is 4.79 Å². The number of hydrogen-bond donors (Lipinski definition) is 1. The lowest BCUT2D eigenvalue weighted by Crippen LogP contribution is -2.23. The van der Waals surface area contributed by atoms with Gasteiger partial charge < -0.3 is 9.84 Å². The summed E-state index contributed by atoms with van der Waals surface area (Å²) in [5.41, 5.74) is 1.89. The van der Waals surface area contributed by atoms with Crippen LogP contribution in [0.4, 0.5) is 0 Å². The van der Waals surface area contributed by atoms with Gasteiger partial charge in [-0.05, 0) is 18.1 Å². The highest BCUT2D eigenvalue weighted by Crippen LogP contribution is 2.27. The summed E-state index contributed by atoms with van der Waals surface area (Å²) in [6, 6.07) is 19.3. The molecule has 2 rings (SSSR count). The molecule has 2 aromatic carbocycles. The minimum atomic E-state index is -0.961. The van der Waals surface area contributed by atoms with Gasteiger partial charge in [0, 0.05) is 0 Å². The first-order chi connectivity index (χ1) is 9.18. The molecular formula is C16H16O3. The molecule has 0 fully saturated rings. The first-order valence-electron chi connectivity index (χ1n) is 6.16. The predicted octanol–water partition coefficient (Wildman–Crippen LogP) is 3.27. The number of rotatable bonds is 5. The van der Waals surface area contributed by atoms with E-state index in [-0.39, 0.29) is 6.10 Å². The summed E-state index contributed by atoms with van der Waals surface area (Å²) in [5.74, 6) is -0.961. The van der Waals surface area contributed by atoms with Crippen LogP contribution in [-0.2, 0) is 9.53 Å². The minimum absolute atomic E-state index is 0.367.